The lowest BCUT2D eigenvalue weighted by atomic mass is 9.97. The summed E-state index contributed by atoms with van der Waals surface area (Å²) < 4.78 is 5.96. The van der Waals surface area contributed by atoms with Crippen LogP contribution in [-0.4, -0.2) is 53.1 Å². The van der Waals surface area contributed by atoms with Crippen LogP contribution in [0.2, 0.25) is 0 Å². The van der Waals surface area contributed by atoms with Gasteiger partial charge in [-0.25, -0.2) is 0 Å². The maximum atomic E-state index is 13.3. The fraction of sp³-hybridized carbons (Fsp3) is 0.222. The van der Waals surface area contributed by atoms with E-state index in [9.17, 15) is 10.1 Å². The Bertz CT molecular complexity index is 1830. The molecule has 1 unspecified atom stereocenters. The number of aromatic nitrogens is 2. The molecule has 43 heavy (non-hydrogen) atoms. The Kier molecular flexibility index (Phi) is 7.52. The Labute approximate surface area is 252 Å². The monoisotopic (exact) mass is 567 g/mol. The third kappa shape index (κ3) is 5.28. The molecule has 0 aliphatic carbocycles. The minimum absolute atomic E-state index is 0.0319. The molecule has 7 heteroatoms. The smallest absolute Gasteiger partial charge is 0.256 e. The van der Waals surface area contributed by atoms with E-state index in [4.69, 9.17) is 9.72 Å². The van der Waals surface area contributed by atoms with Gasteiger partial charge in [0.05, 0.1) is 29.8 Å². The molecular weight excluding hydrogens is 534 g/mol. The van der Waals surface area contributed by atoms with Gasteiger partial charge in [0.25, 0.3) is 5.91 Å². The molecule has 1 aliphatic heterocycles. The maximum absolute atomic E-state index is 13.3. The van der Waals surface area contributed by atoms with E-state index < -0.39 is 0 Å². The summed E-state index contributed by atoms with van der Waals surface area (Å²) in [5.41, 5.74) is 8.12. The van der Waals surface area contributed by atoms with E-state index in [0.29, 0.717) is 11.1 Å². The number of nitriles is 1. The molecule has 3 heterocycles. The zero-order valence-corrected chi connectivity index (χ0v) is 24.8. The fourth-order valence-electron chi connectivity index (χ4n) is 6.19. The van der Waals surface area contributed by atoms with E-state index >= 15 is 0 Å². The van der Waals surface area contributed by atoms with Crippen molar-refractivity contribution < 1.29 is 9.53 Å². The third-order valence-electron chi connectivity index (χ3n) is 8.20. The number of nitrogens with zero attached hydrogens (tertiary/aromatic N) is 5. The minimum atomic E-state index is 0.0319. The molecular formula is C36H33N5O2. The van der Waals surface area contributed by atoms with Crippen molar-refractivity contribution in [1.82, 2.24) is 14.9 Å². The summed E-state index contributed by atoms with van der Waals surface area (Å²) in [6.45, 7) is 7.66. The molecule has 0 radical (unpaired) electrons. The SMILES string of the molecule is COc1c(-c2ccc(N3CC(C)N(C(=O)c4cncc(C)c4)[C@@H](C)C3)cc2)cnc2c(-c3ccc(C#N)cc3)cccc12. The molecule has 1 amide bonds. The summed E-state index contributed by atoms with van der Waals surface area (Å²) in [5, 5.41) is 10.1. The van der Waals surface area contributed by atoms with Gasteiger partial charge in [-0.2, -0.15) is 5.26 Å². The molecule has 5 aromatic rings. The van der Waals surface area contributed by atoms with E-state index in [1.165, 1.54) is 0 Å². The van der Waals surface area contributed by atoms with Gasteiger partial charge < -0.3 is 14.5 Å². The molecule has 0 bridgehead atoms. The second-order valence-corrected chi connectivity index (χ2v) is 11.2. The summed E-state index contributed by atoms with van der Waals surface area (Å²) >= 11 is 0. The molecule has 1 fully saturated rings. The van der Waals surface area contributed by atoms with Crippen LogP contribution in [0, 0.1) is 18.3 Å². The van der Waals surface area contributed by atoms with Gasteiger partial charge in [0.1, 0.15) is 5.75 Å². The van der Waals surface area contributed by atoms with E-state index in [-0.39, 0.29) is 18.0 Å². The molecule has 7 nitrogen and oxygen atoms in total. The van der Waals surface area contributed by atoms with Crippen molar-refractivity contribution in [3.05, 3.63) is 108 Å². The van der Waals surface area contributed by atoms with Crippen LogP contribution in [0.15, 0.2) is 91.4 Å². The predicted molar refractivity (Wildman–Crippen MR) is 170 cm³/mol. The Balaban J connectivity index is 1.25. The highest BCUT2D eigenvalue weighted by Gasteiger charge is 2.33. The molecule has 214 valence electrons. The number of carbonyl (C=O) groups is 1. The number of carbonyl (C=O) groups excluding carboxylic acids is 1. The Morgan fingerprint density at radius 1 is 0.907 bits per heavy atom. The van der Waals surface area contributed by atoms with Gasteiger partial charge in [-0.3, -0.25) is 14.8 Å². The number of pyridine rings is 2. The van der Waals surface area contributed by atoms with Gasteiger partial charge in [-0.1, -0.05) is 36.4 Å². The summed E-state index contributed by atoms with van der Waals surface area (Å²) in [5.74, 6) is 0.803. The van der Waals surface area contributed by atoms with Gasteiger partial charge in [0.15, 0.2) is 0 Å². The van der Waals surface area contributed by atoms with Crippen molar-refractivity contribution in [2.45, 2.75) is 32.9 Å². The van der Waals surface area contributed by atoms with Gasteiger partial charge in [0.2, 0.25) is 0 Å². The zero-order valence-electron chi connectivity index (χ0n) is 24.8. The van der Waals surface area contributed by atoms with Gasteiger partial charge in [-0.15, -0.1) is 0 Å². The minimum Gasteiger partial charge on any atom is -0.495 e. The van der Waals surface area contributed by atoms with Crippen LogP contribution in [-0.2, 0) is 0 Å². The van der Waals surface area contributed by atoms with Gasteiger partial charge in [-0.05, 0) is 73.9 Å². The van der Waals surface area contributed by atoms with E-state index in [1.54, 1.807) is 19.5 Å². The van der Waals surface area contributed by atoms with E-state index in [2.05, 4.69) is 54.1 Å². The number of methoxy groups -OCH3 is 1. The van der Waals surface area contributed by atoms with Crippen LogP contribution in [0.3, 0.4) is 0 Å². The molecule has 2 atom stereocenters. The summed E-state index contributed by atoms with van der Waals surface area (Å²) in [7, 11) is 1.69. The predicted octanol–water partition coefficient (Wildman–Crippen LogP) is 6.89. The first kappa shape index (κ1) is 27.9. The Morgan fingerprint density at radius 2 is 1.58 bits per heavy atom. The highest BCUT2D eigenvalue weighted by Crippen LogP contribution is 2.39. The maximum Gasteiger partial charge on any atom is 0.256 e. The second kappa shape index (κ2) is 11.6. The molecule has 3 aromatic carbocycles. The number of benzene rings is 3. The average Bonchev–Trinajstić information content (AvgIpc) is 3.03. The number of amides is 1. The summed E-state index contributed by atoms with van der Waals surface area (Å²) in [4.78, 5) is 26.8. The largest absolute Gasteiger partial charge is 0.495 e. The fourth-order valence-corrected chi connectivity index (χ4v) is 6.19. The number of aryl methyl sites for hydroxylation is 1. The molecule has 0 saturated carbocycles. The molecule has 2 aromatic heterocycles. The van der Waals surface area contributed by atoms with Crippen molar-refractivity contribution >= 4 is 22.5 Å². The van der Waals surface area contributed by atoms with Crippen molar-refractivity contribution in [1.29, 1.82) is 5.26 Å². The topological polar surface area (TPSA) is 82.3 Å². The van der Waals surface area contributed by atoms with Crippen LogP contribution >= 0.6 is 0 Å². The number of para-hydroxylation sites is 1. The second-order valence-electron chi connectivity index (χ2n) is 11.2. The van der Waals surface area contributed by atoms with Crippen LogP contribution in [0.1, 0.15) is 35.3 Å². The van der Waals surface area contributed by atoms with E-state index in [0.717, 1.165) is 63.2 Å². The number of rotatable bonds is 5. The lowest BCUT2D eigenvalue weighted by Crippen LogP contribution is -2.58. The first-order valence-electron chi connectivity index (χ1n) is 14.4. The normalized spacial score (nSPS) is 16.6. The van der Waals surface area contributed by atoms with Gasteiger partial charge >= 0.3 is 0 Å². The number of hydrogen-bond acceptors (Lipinski definition) is 6. The molecule has 6 rings (SSSR count). The standard InChI is InChI=1S/C36H33N5O2/c1-23-16-29(19-38-18-23)36(42)41-24(2)21-40(22-25(41)3)30-14-12-28(13-15-30)33-20-39-34-31(6-5-7-32(34)35(33)43-4)27-10-8-26(17-37)9-11-27/h5-16,18-20,24-25H,21-22H2,1-4H3/t24-,25?/m0/s1. The van der Waals surface area contributed by atoms with E-state index in [1.807, 2.05) is 66.6 Å². The van der Waals surface area contributed by atoms with Crippen LogP contribution in [0.25, 0.3) is 33.2 Å². The van der Waals surface area contributed by atoms with Crippen molar-refractivity contribution in [2.24, 2.45) is 0 Å². The lowest BCUT2D eigenvalue weighted by Gasteiger charge is -2.45. The Hall–Kier alpha value is -5.22. The molecule has 1 saturated heterocycles. The Morgan fingerprint density at radius 3 is 2.23 bits per heavy atom. The van der Waals surface area contributed by atoms with Crippen LogP contribution < -0.4 is 9.64 Å². The quantitative estimate of drug-likeness (QED) is 0.230. The zero-order chi connectivity index (χ0) is 30.1. The number of hydrogen-bond donors (Lipinski definition) is 0. The summed E-state index contributed by atoms with van der Waals surface area (Å²) in [6.07, 6.45) is 5.30. The first-order chi connectivity index (χ1) is 20.9. The van der Waals surface area contributed by atoms with Crippen molar-refractivity contribution in [2.75, 3.05) is 25.1 Å². The van der Waals surface area contributed by atoms with Crippen LogP contribution in [0.5, 0.6) is 5.75 Å². The average molecular weight is 568 g/mol. The third-order valence-corrected chi connectivity index (χ3v) is 8.20. The lowest BCUT2D eigenvalue weighted by molar-refractivity contribution is 0.0574. The first-order valence-corrected chi connectivity index (χ1v) is 14.4. The van der Waals surface area contributed by atoms with Gasteiger partial charge in [0, 0.05) is 66.0 Å². The van der Waals surface area contributed by atoms with Crippen molar-refractivity contribution in [3.63, 3.8) is 0 Å². The van der Waals surface area contributed by atoms with Crippen molar-refractivity contribution in [3.8, 4) is 34.1 Å². The molecule has 0 N–H and O–H groups in total. The molecule has 1 aliphatic rings. The highest BCUT2D eigenvalue weighted by molar-refractivity contribution is 6.00. The highest BCUT2D eigenvalue weighted by atomic mass is 16.5. The number of anilines is 1. The number of fused-ring (bicyclic) bond motifs is 1. The number of piperazine rings is 1. The van der Waals surface area contributed by atoms with Crippen LogP contribution in [0.4, 0.5) is 5.69 Å². The number of ether oxygens (including phenoxy) is 1. The summed E-state index contributed by atoms with van der Waals surface area (Å²) in [6, 6.07) is 26.3. The molecule has 0 spiro atoms.